The molecule has 1 saturated heterocycles. The lowest BCUT2D eigenvalue weighted by molar-refractivity contribution is 0.0510. The van der Waals surface area contributed by atoms with Gasteiger partial charge >= 0.3 is 0 Å². The van der Waals surface area contributed by atoms with Gasteiger partial charge in [-0.25, -0.2) is 0 Å². The number of furan rings is 1. The highest BCUT2D eigenvalue weighted by molar-refractivity contribution is 5.93. The van der Waals surface area contributed by atoms with Crippen molar-refractivity contribution in [1.82, 2.24) is 20.8 Å². The zero-order chi connectivity index (χ0) is 17.0. The molecule has 1 amide bonds. The third-order valence-corrected chi connectivity index (χ3v) is 4.56. The Balaban J connectivity index is 1.63. The van der Waals surface area contributed by atoms with Crippen LogP contribution in [0.2, 0.25) is 0 Å². The van der Waals surface area contributed by atoms with Gasteiger partial charge in [0.15, 0.2) is 11.5 Å². The lowest BCUT2D eigenvalue weighted by Crippen LogP contribution is -2.47. The highest BCUT2D eigenvalue weighted by Crippen LogP contribution is 2.28. The second kappa shape index (κ2) is 7.19. The molecule has 0 aliphatic carbocycles. The Kier molecular flexibility index (Phi) is 5.01. The van der Waals surface area contributed by atoms with Crippen molar-refractivity contribution in [3.8, 4) is 11.5 Å². The first-order valence-electron chi connectivity index (χ1n) is 8.22. The summed E-state index contributed by atoms with van der Waals surface area (Å²) in [6.07, 6.45) is 1.97. The van der Waals surface area contributed by atoms with E-state index in [1.807, 2.05) is 19.1 Å². The fourth-order valence-corrected chi connectivity index (χ4v) is 3.14. The number of carbonyl (C=O) groups excluding carboxylic acids is 1. The maximum Gasteiger partial charge on any atom is 0.271 e. The number of piperidine rings is 1. The van der Waals surface area contributed by atoms with Crippen LogP contribution in [0.3, 0.4) is 0 Å². The van der Waals surface area contributed by atoms with Crippen LogP contribution < -0.4 is 10.6 Å². The highest BCUT2D eigenvalue weighted by Gasteiger charge is 2.32. The molecule has 1 aliphatic heterocycles. The molecule has 7 nitrogen and oxygen atoms in total. The van der Waals surface area contributed by atoms with Crippen LogP contribution >= 0.6 is 0 Å². The molecular formula is C17H24N4O3. The molecule has 3 rings (SSSR count). The first-order valence-corrected chi connectivity index (χ1v) is 8.22. The Morgan fingerprint density at radius 2 is 2.21 bits per heavy atom. The molecule has 0 spiro atoms. The van der Waals surface area contributed by atoms with Gasteiger partial charge in [0.2, 0.25) is 0 Å². The molecule has 0 radical (unpaired) electrons. The summed E-state index contributed by atoms with van der Waals surface area (Å²) in [4.78, 5) is 12.4. The summed E-state index contributed by atoms with van der Waals surface area (Å²) in [5.41, 5.74) is 1.05. The van der Waals surface area contributed by atoms with E-state index in [9.17, 15) is 4.79 Å². The third-order valence-electron chi connectivity index (χ3n) is 4.56. The molecule has 1 fully saturated rings. The normalized spacial score (nSPS) is 16.9. The summed E-state index contributed by atoms with van der Waals surface area (Å²) in [7, 11) is 1.71. The molecule has 0 bridgehead atoms. The molecule has 0 saturated carbocycles. The molecule has 3 heterocycles. The van der Waals surface area contributed by atoms with Crippen LogP contribution in [0, 0.1) is 12.3 Å². The van der Waals surface area contributed by atoms with Gasteiger partial charge in [-0.3, -0.25) is 9.89 Å². The maximum absolute atomic E-state index is 12.4. The van der Waals surface area contributed by atoms with Crippen molar-refractivity contribution in [2.45, 2.75) is 19.8 Å². The average molecular weight is 332 g/mol. The second-order valence-corrected chi connectivity index (χ2v) is 6.44. The van der Waals surface area contributed by atoms with E-state index in [2.05, 4.69) is 20.8 Å². The molecule has 24 heavy (non-hydrogen) atoms. The van der Waals surface area contributed by atoms with E-state index in [4.69, 9.17) is 9.15 Å². The number of amides is 1. The van der Waals surface area contributed by atoms with Crippen LogP contribution in [0.4, 0.5) is 0 Å². The van der Waals surface area contributed by atoms with Crippen LogP contribution in [-0.2, 0) is 4.74 Å². The molecular weight excluding hydrogens is 308 g/mol. The van der Waals surface area contributed by atoms with Gasteiger partial charge < -0.3 is 19.8 Å². The third kappa shape index (κ3) is 3.68. The number of aromatic nitrogens is 2. The molecule has 0 atom stereocenters. The number of aromatic amines is 1. The number of methoxy groups -OCH3 is 1. The van der Waals surface area contributed by atoms with Crippen LogP contribution in [0.15, 0.2) is 22.6 Å². The quantitative estimate of drug-likeness (QED) is 0.749. The number of H-pyrrole nitrogens is 1. The van der Waals surface area contributed by atoms with Gasteiger partial charge in [0.25, 0.3) is 5.91 Å². The first kappa shape index (κ1) is 16.7. The van der Waals surface area contributed by atoms with E-state index in [0.717, 1.165) is 31.7 Å². The number of aryl methyl sites for hydroxylation is 1. The van der Waals surface area contributed by atoms with Gasteiger partial charge in [-0.15, -0.1) is 0 Å². The summed E-state index contributed by atoms with van der Waals surface area (Å²) in [6.45, 7) is 5.00. The summed E-state index contributed by atoms with van der Waals surface area (Å²) >= 11 is 0. The van der Waals surface area contributed by atoms with Gasteiger partial charge in [-0.05, 0) is 45.0 Å². The van der Waals surface area contributed by atoms with Crippen LogP contribution in [0.1, 0.15) is 29.1 Å². The van der Waals surface area contributed by atoms with Crippen molar-refractivity contribution in [1.29, 1.82) is 0 Å². The Labute approximate surface area is 141 Å². The van der Waals surface area contributed by atoms with Crippen molar-refractivity contribution in [2.75, 3.05) is 33.4 Å². The van der Waals surface area contributed by atoms with Crippen LogP contribution in [0.5, 0.6) is 0 Å². The fraction of sp³-hybridized carbons (Fsp3) is 0.529. The van der Waals surface area contributed by atoms with E-state index in [-0.39, 0.29) is 11.3 Å². The van der Waals surface area contributed by atoms with Gasteiger partial charge in [0.1, 0.15) is 11.5 Å². The topological polar surface area (TPSA) is 92.2 Å². The zero-order valence-corrected chi connectivity index (χ0v) is 14.1. The monoisotopic (exact) mass is 332 g/mol. The summed E-state index contributed by atoms with van der Waals surface area (Å²) in [5, 5.41) is 13.3. The van der Waals surface area contributed by atoms with Gasteiger partial charge in [0.05, 0.1) is 6.61 Å². The lowest BCUT2D eigenvalue weighted by atomic mass is 9.79. The molecule has 0 unspecified atom stereocenters. The number of rotatable bonds is 6. The molecule has 130 valence electrons. The smallest absolute Gasteiger partial charge is 0.271 e. The number of nitrogens with one attached hydrogen (secondary N) is 3. The van der Waals surface area contributed by atoms with Crippen molar-refractivity contribution in [3.63, 3.8) is 0 Å². The molecule has 0 aromatic carbocycles. The van der Waals surface area contributed by atoms with Gasteiger partial charge in [0, 0.05) is 25.1 Å². The van der Waals surface area contributed by atoms with Crippen LogP contribution in [-0.4, -0.2) is 49.5 Å². The molecule has 2 aromatic rings. The Morgan fingerprint density at radius 1 is 1.42 bits per heavy atom. The average Bonchev–Trinajstić information content (AvgIpc) is 3.23. The number of ether oxygens (including phenoxy) is 1. The fourth-order valence-electron chi connectivity index (χ4n) is 3.14. The Bertz CT molecular complexity index is 680. The summed E-state index contributed by atoms with van der Waals surface area (Å²) < 4.78 is 10.9. The standard InChI is InChI=1S/C17H24N4O3/c1-12-3-4-15(24-12)13-9-14(21-20-13)16(22)19-10-17(11-23-2)5-7-18-8-6-17/h3-4,9,18H,5-8,10-11H2,1-2H3,(H,19,22)(H,20,21). The highest BCUT2D eigenvalue weighted by atomic mass is 16.5. The van der Waals surface area contributed by atoms with E-state index >= 15 is 0 Å². The molecule has 3 N–H and O–H groups in total. The lowest BCUT2D eigenvalue weighted by Gasteiger charge is -2.37. The predicted molar refractivity (Wildman–Crippen MR) is 89.8 cm³/mol. The summed E-state index contributed by atoms with van der Waals surface area (Å²) in [6, 6.07) is 5.44. The van der Waals surface area contributed by atoms with E-state index in [1.54, 1.807) is 13.2 Å². The maximum atomic E-state index is 12.4. The van der Waals surface area contributed by atoms with E-state index < -0.39 is 0 Å². The minimum absolute atomic E-state index is 0.00702. The minimum Gasteiger partial charge on any atom is -0.460 e. The van der Waals surface area contributed by atoms with Crippen molar-refractivity contribution < 1.29 is 13.9 Å². The number of hydrogen-bond acceptors (Lipinski definition) is 5. The van der Waals surface area contributed by atoms with Crippen molar-refractivity contribution in [3.05, 3.63) is 29.7 Å². The predicted octanol–water partition coefficient (Wildman–Crippen LogP) is 1.72. The van der Waals surface area contributed by atoms with Crippen molar-refractivity contribution >= 4 is 5.91 Å². The SMILES string of the molecule is COCC1(CNC(=O)c2cc(-c3ccc(C)o3)[nH]n2)CCNCC1. The zero-order valence-electron chi connectivity index (χ0n) is 14.1. The van der Waals surface area contributed by atoms with Crippen LogP contribution in [0.25, 0.3) is 11.5 Å². The number of hydrogen-bond donors (Lipinski definition) is 3. The molecule has 2 aromatic heterocycles. The van der Waals surface area contributed by atoms with E-state index in [1.165, 1.54) is 0 Å². The summed E-state index contributed by atoms with van der Waals surface area (Å²) in [5.74, 6) is 1.31. The van der Waals surface area contributed by atoms with Crippen molar-refractivity contribution in [2.24, 2.45) is 5.41 Å². The molecule has 1 aliphatic rings. The van der Waals surface area contributed by atoms with Gasteiger partial charge in [-0.1, -0.05) is 0 Å². The number of carbonyl (C=O) groups is 1. The Hall–Kier alpha value is -2.12. The second-order valence-electron chi connectivity index (χ2n) is 6.44. The first-order chi connectivity index (χ1) is 11.6. The van der Waals surface area contributed by atoms with E-state index in [0.29, 0.717) is 30.3 Å². The molecule has 7 heteroatoms. The minimum atomic E-state index is -0.185. The number of nitrogens with zero attached hydrogens (tertiary/aromatic N) is 1. The largest absolute Gasteiger partial charge is 0.460 e. The van der Waals surface area contributed by atoms with Gasteiger partial charge in [-0.2, -0.15) is 5.10 Å². The Morgan fingerprint density at radius 3 is 2.88 bits per heavy atom.